The quantitative estimate of drug-likeness (QED) is 0.443. The first-order valence-corrected chi connectivity index (χ1v) is 8.75. The van der Waals surface area contributed by atoms with Crippen LogP contribution in [0.4, 0.5) is 0 Å². The number of unbranched alkanes of at least 4 members (excludes halogenated alkanes) is 1. The first-order valence-electron chi connectivity index (χ1n) is 7.87. The summed E-state index contributed by atoms with van der Waals surface area (Å²) in [4.78, 5) is 9.84. The summed E-state index contributed by atoms with van der Waals surface area (Å²) in [5, 5.41) is 8.68. The first kappa shape index (κ1) is 17.3. The van der Waals surface area contributed by atoms with Crippen molar-refractivity contribution in [3.63, 3.8) is 0 Å². The summed E-state index contributed by atoms with van der Waals surface area (Å²) in [6.45, 7) is 4.24. The van der Waals surface area contributed by atoms with E-state index in [1.54, 1.807) is 24.6 Å². The summed E-state index contributed by atoms with van der Waals surface area (Å²) in [5.74, 6) is 1.46. The van der Waals surface area contributed by atoms with Crippen molar-refractivity contribution >= 4 is 17.3 Å². The van der Waals surface area contributed by atoms with Gasteiger partial charge in [-0.25, -0.2) is 4.98 Å². The zero-order chi connectivity index (χ0) is 16.3. The fraction of sp³-hybridized carbons (Fsp3) is 0.412. The Bertz CT molecular complexity index is 598. The van der Waals surface area contributed by atoms with E-state index in [0.29, 0.717) is 19.0 Å². The molecule has 2 aromatic heterocycles. The molecule has 0 spiro atoms. The molecule has 0 fully saturated rings. The van der Waals surface area contributed by atoms with Crippen LogP contribution in [0.25, 0.3) is 0 Å². The summed E-state index contributed by atoms with van der Waals surface area (Å²) in [7, 11) is 1.77. The monoisotopic (exact) mass is 332 g/mol. The predicted octanol–water partition coefficient (Wildman–Crippen LogP) is 3.19. The molecule has 23 heavy (non-hydrogen) atoms. The Labute approximate surface area is 141 Å². The van der Waals surface area contributed by atoms with Gasteiger partial charge in [0.2, 0.25) is 5.88 Å². The fourth-order valence-electron chi connectivity index (χ4n) is 1.99. The lowest BCUT2D eigenvalue weighted by Gasteiger charge is -2.13. The summed E-state index contributed by atoms with van der Waals surface area (Å²) in [5.41, 5.74) is 1.03. The van der Waals surface area contributed by atoms with Crippen LogP contribution >= 0.6 is 11.3 Å². The van der Waals surface area contributed by atoms with Crippen molar-refractivity contribution in [2.75, 3.05) is 13.7 Å². The van der Waals surface area contributed by atoms with Gasteiger partial charge < -0.3 is 15.4 Å². The molecule has 2 heterocycles. The number of rotatable bonds is 8. The average Bonchev–Trinajstić information content (AvgIpc) is 3.10. The number of hydrogen-bond acceptors (Lipinski definition) is 4. The Balaban J connectivity index is 1.85. The predicted molar refractivity (Wildman–Crippen MR) is 96.0 cm³/mol. The highest BCUT2D eigenvalue weighted by Crippen LogP contribution is 2.14. The Hall–Kier alpha value is -2.08. The van der Waals surface area contributed by atoms with Crippen LogP contribution in [0, 0.1) is 0 Å². The van der Waals surface area contributed by atoms with Crippen LogP contribution in [0.15, 0.2) is 40.8 Å². The second kappa shape index (κ2) is 9.84. The maximum absolute atomic E-state index is 5.75. The summed E-state index contributed by atoms with van der Waals surface area (Å²) < 4.78 is 5.75. The van der Waals surface area contributed by atoms with E-state index in [0.717, 1.165) is 30.9 Å². The van der Waals surface area contributed by atoms with Crippen molar-refractivity contribution in [3.05, 3.63) is 46.3 Å². The van der Waals surface area contributed by atoms with Crippen LogP contribution < -0.4 is 15.4 Å². The average molecular weight is 332 g/mol. The normalized spacial score (nSPS) is 11.3. The molecule has 2 N–H and O–H groups in total. The molecule has 6 heteroatoms. The van der Waals surface area contributed by atoms with Crippen molar-refractivity contribution in [1.82, 2.24) is 15.6 Å². The molecule has 0 bridgehead atoms. The maximum atomic E-state index is 5.75. The number of aliphatic imine (C=N–C) groups is 1. The van der Waals surface area contributed by atoms with Crippen LogP contribution in [-0.4, -0.2) is 24.6 Å². The lowest BCUT2D eigenvalue weighted by Crippen LogP contribution is -2.36. The van der Waals surface area contributed by atoms with Gasteiger partial charge in [0, 0.05) is 30.2 Å². The molecule has 0 saturated carbocycles. The number of guanidine groups is 1. The molecule has 5 nitrogen and oxygen atoms in total. The van der Waals surface area contributed by atoms with Crippen LogP contribution in [0.1, 0.15) is 30.2 Å². The van der Waals surface area contributed by atoms with E-state index in [1.807, 2.05) is 18.2 Å². The molecule has 0 unspecified atom stereocenters. The molecule has 0 aliphatic heterocycles. The molecule has 0 saturated heterocycles. The van der Waals surface area contributed by atoms with Crippen LogP contribution in [0.3, 0.4) is 0 Å². The molecular formula is C17H24N4OS. The minimum Gasteiger partial charge on any atom is -0.477 e. The molecule has 0 aromatic carbocycles. The van der Waals surface area contributed by atoms with E-state index in [1.165, 1.54) is 4.88 Å². The van der Waals surface area contributed by atoms with Gasteiger partial charge >= 0.3 is 0 Å². The van der Waals surface area contributed by atoms with Gasteiger partial charge in [-0.2, -0.15) is 0 Å². The third kappa shape index (κ3) is 5.90. The topological polar surface area (TPSA) is 58.5 Å². The standard InChI is InChI=1S/C17H24N4OS/c1-3-4-10-22-16-14(7-5-9-19-16)12-20-17(18-2)21-13-15-8-6-11-23-15/h5-9,11H,3-4,10,12-13H2,1-2H3,(H2,18,20,21). The first-order chi connectivity index (χ1) is 11.3. The zero-order valence-corrected chi connectivity index (χ0v) is 14.5. The van der Waals surface area contributed by atoms with Gasteiger partial charge in [-0.05, 0) is 23.9 Å². The van der Waals surface area contributed by atoms with Crippen molar-refractivity contribution in [2.24, 2.45) is 4.99 Å². The summed E-state index contributed by atoms with van der Waals surface area (Å²) in [6.07, 6.45) is 3.90. The lowest BCUT2D eigenvalue weighted by molar-refractivity contribution is 0.294. The van der Waals surface area contributed by atoms with Gasteiger partial charge in [-0.3, -0.25) is 4.99 Å². The van der Waals surface area contributed by atoms with Gasteiger partial charge in [-0.1, -0.05) is 25.5 Å². The largest absolute Gasteiger partial charge is 0.477 e. The molecule has 0 aliphatic carbocycles. The van der Waals surface area contributed by atoms with E-state index in [2.05, 4.69) is 39.0 Å². The van der Waals surface area contributed by atoms with Crippen molar-refractivity contribution in [2.45, 2.75) is 32.9 Å². The van der Waals surface area contributed by atoms with E-state index in [-0.39, 0.29) is 0 Å². The highest BCUT2D eigenvalue weighted by Gasteiger charge is 2.06. The maximum Gasteiger partial charge on any atom is 0.218 e. The highest BCUT2D eigenvalue weighted by atomic mass is 32.1. The Morgan fingerprint density at radius 1 is 1.26 bits per heavy atom. The van der Waals surface area contributed by atoms with Gasteiger partial charge in [0.1, 0.15) is 0 Å². The number of hydrogen-bond donors (Lipinski definition) is 2. The molecule has 0 radical (unpaired) electrons. The van der Waals surface area contributed by atoms with E-state index < -0.39 is 0 Å². The third-order valence-electron chi connectivity index (χ3n) is 3.27. The van der Waals surface area contributed by atoms with Crippen molar-refractivity contribution in [3.8, 4) is 5.88 Å². The van der Waals surface area contributed by atoms with Crippen LogP contribution in [-0.2, 0) is 13.1 Å². The van der Waals surface area contributed by atoms with E-state index in [9.17, 15) is 0 Å². The Morgan fingerprint density at radius 2 is 2.13 bits per heavy atom. The Kier molecular flexibility index (Phi) is 7.39. The molecular weight excluding hydrogens is 308 g/mol. The van der Waals surface area contributed by atoms with Crippen LogP contribution in [0.2, 0.25) is 0 Å². The number of thiophene rings is 1. The second-order valence-electron chi connectivity index (χ2n) is 5.03. The number of pyridine rings is 1. The second-order valence-corrected chi connectivity index (χ2v) is 6.06. The van der Waals surface area contributed by atoms with Gasteiger partial charge in [-0.15, -0.1) is 11.3 Å². The fourth-order valence-corrected chi connectivity index (χ4v) is 2.63. The van der Waals surface area contributed by atoms with Crippen molar-refractivity contribution < 1.29 is 4.74 Å². The number of nitrogens with zero attached hydrogens (tertiary/aromatic N) is 2. The van der Waals surface area contributed by atoms with Crippen LogP contribution in [0.5, 0.6) is 5.88 Å². The number of ether oxygens (including phenoxy) is 1. The van der Waals surface area contributed by atoms with E-state index in [4.69, 9.17) is 4.74 Å². The van der Waals surface area contributed by atoms with Gasteiger partial charge in [0.05, 0.1) is 13.2 Å². The zero-order valence-electron chi connectivity index (χ0n) is 13.7. The van der Waals surface area contributed by atoms with Gasteiger partial charge in [0.25, 0.3) is 0 Å². The molecule has 0 aliphatic rings. The highest BCUT2D eigenvalue weighted by molar-refractivity contribution is 7.09. The van der Waals surface area contributed by atoms with Gasteiger partial charge in [0.15, 0.2) is 5.96 Å². The molecule has 0 atom stereocenters. The smallest absolute Gasteiger partial charge is 0.218 e. The molecule has 2 rings (SSSR count). The lowest BCUT2D eigenvalue weighted by atomic mass is 10.2. The Morgan fingerprint density at radius 3 is 2.87 bits per heavy atom. The molecule has 0 amide bonds. The summed E-state index contributed by atoms with van der Waals surface area (Å²) >= 11 is 1.73. The minimum absolute atomic E-state index is 0.624. The number of nitrogens with one attached hydrogen (secondary N) is 2. The minimum atomic E-state index is 0.624. The SMILES string of the molecule is CCCCOc1ncccc1CNC(=NC)NCc1cccs1. The molecule has 124 valence electrons. The third-order valence-corrected chi connectivity index (χ3v) is 4.14. The van der Waals surface area contributed by atoms with Crippen molar-refractivity contribution in [1.29, 1.82) is 0 Å². The molecule has 2 aromatic rings. The van der Waals surface area contributed by atoms with E-state index >= 15 is 0 Å². The number of aromatic nitrogens is 1. The summed E-state index contributed by atoms with van der Waals surface area (Å²) in [6, 6.07) is 8.10.